The zero-order valence-electron chi connectivity index (χ0n) is 41.9. The van der Waals surface area contributed by atoms with Gasteiger partial charge in [0, 0.05) is 22.3 Å². The molecule has 356 valence electrons. The maximum atomic E-state index is 2.51. The van der Waals surface area contributed by atoms with Crippen molar-refractivity contribution in [1.29, 1.82) is 0 Å². The summed E-state index contributed by atoms with van der Waals surface area (Å²) in [6.45, 7) is 0. The van der Waals surface area contributed by atoms with Crippen LogP contribution in [-0.4, -0.2) is 0 Å². The summed E-state index contributed by atoms with van der Waals surface area (Å²) in [5, 5.41) is 4.83. The highest BCUT2D eigenvalue weighted by molar-refractivity contribution is 6.22. The van der Waals surface area contributed by atoms with E-state index in [1.54, 1.807) is 0 Å². The molecule has 76 heavy (non-hydrogen) atoms. The van der Waals surface area contributed by atoms with Crippen LogP contribution in [0, 0.1) is 0 Å². The molecule has 0 amide bonds. The summed E-state index contributed by atoms with van der Waals surface area (Å²) in [4.78, 5) is 2.51. The fourth-order valence-corrected chi connectivity index (χ4v) is 12.3. The first-order valence-electron chi connectivity index (χ1n) is 26.3. The van der Waals surface area contributed by atoms with Crippen LogP contribution in [0.4, 0.5) is 17.1 Å². The molecule has 0 heterocycles. The van der Waals surface area contributed by atoms with Gasteiger partial charge in [-0.2, -0.15) is 0 Å². The maximum Gasteiger partial charge on any atom is 0.0713 e. The monoisotopic (exact) mass is 965 g/mol. The summed E-state index contributed by atoms with van der Waals surface area (Å²) >= 11 is 0. The summed E-state index contributed by atoms with van der Waals surface area (Å²) in [5.74, 6) is 0. The summed E-state index contributed by atoms with van der Waals surface area (Å²) in [7, 11) is 0. The van der Waals surface area contributed by atoms with Gasteiger partial charge >= 0.3 is 0 Å². The van der Waals surface area contributed by atoms with Gasteiger partial charge in [0.05, 0.1) is 11.1 Å². The molecular formula is C75H51N. The van der Waals surface area contributed by atoms with Gasteiger partial charge < -0.3 is 4.90 Å². The van der Waals surface area contributed by atoms with Crippen molar-refractivity contribution in [3.63, 3.8) is 0 Å². The Morgan fingerprint density at radius 1 is 0.224 bits per heavy atom. The minimum atomic E-state index is -0.515. The number of anilines is 3. The second kappa shape index (κ2) is 18.9. The van der Waals surface area contributed by atoms with E-state index in [9.17, 15) is 0 Å². The fraction of sp³-hybridized carbons (Fsp3) is 0.0133. The molecule has 0 aromatic heterocycles. The van der Waals surface area contributed by atoms with Gasteiger partial charge in [-0.3, -0.25) is 0 Å². The number of hydrogen-bond donors (Lipinski definition) is 0. The van der Waals surface area contributed by atoms with Crippen molar-refractivity contribution >= 4 is 38.6 Å². The van der Waals surface area contributed by atoms with Gasteiger partial charge in [-0.1, -0.05) is 279 Å². The van der Waals surface area contributed by atoms with Crippen molar-refractivity contribution in [3.05, 3.63) is 332 Å². The lowest BCUT2D eigenvalue weighted by atomic mass is 9.67. The Kier molecular flexibility index (Phi) is 11.2. The van der Waals surface area contributed by atoms with Crippen LogP contribution in [0.2, 0.25) is 0 Å². The Bertz CT molecular complexity index is 4170. The van der Waals surface area contributed by atoms with Gasteiger partial charge in [0.1, 0.15) is 0 Å². The van der Waals surface area contributed by atoms with Gasteiger partial charge in [0.25, 0.3) is 0 Å². The summed E-state index contributed by atoms with van der Waals surface area (Å²) in [5.41, 5.74) is 22.3. The molecule has 1 heteroatoms. The molecule has 0 saturated carbocycles. The molecule has 1 nitrogen and oxygen atoms in total. The lowest BCUT2D eigenvalue weighted by Gasteiger charge is -2.35. The number of rotatable bonds is 10. The molecule has 0 N–H and O–H groups in total. The summed E-state index contributed by atoms with van der Waals surface area (Å²) in [6.07, 6.45) is 0. The largest absolute Gasteiger partial charge is 0.309 e. The molecule has 13 aromatic carbocycles. The average molecular weight is 966 g/mol. The van der Waals surface area contributed by atoms with Gasteiger partial charge in [0.2, 0.25) is 0 Å². The normalized spacial score (nSPS) is 12.3. The van der Waals surface area contributed by atoms with Crippen LogP contribution < -0.4 is 4.90 Å². The van der Waals surface area contributed by atoms with Crippen molar-refractivity contribution in [3.8, 4) is 66.8 Å². The van der Waals surface area contributed by atoms with Crippen molar-refractivity contribution in [1.82, 2.24) is 0 Å². The van der Waals surface area contributed by atoms with Gasteiger partial charge in [-0.25, -0.2) is 0 Å². The third-order valence-corrected chi connectivity index (χ3v) is 15.8. The molecule has 0 fully saturated rings. The number of hydrogen-bond acceptors (Lipinski definition) is 1. The second-order valence-electron chi connectivity index (χ2n) is 19.9. The molecule has 1 aliphatic carbocycles. The van der Waals surface area contributed by atoms with Crippen molar-refractivity contribution in [2.75, 3.05) is 4.90 Å². The Morgan fingerprint density at radius 3 is 1.09 bits per heavy atom. The predicted molar refractivity (Wildman–Crippen MR) is 321 cm³/mol. The first-order chi connectivity index (χ1) is 37.7. The first-order valence-corrected chi connectivity index (χ1v) is 26.3. The highest BCUT2D eigenvalue weighted by atomic mass is 15.1. The maximum absolute atomic E-state index is 2.51. The van der Waals surface area contributed by atoms with Crippen molar-refractivity contribution < 1.29 is 0 Å². The zero-order valence-corrected chi connectivity index (χ0v) is 41.9. The Morgan fingerprint density at radius 2 is 0.566 bits per heavy atom. The average Bonchev–Trinajstić information content (AvgIpc) is 4.00. The van der Waals surface area contributed by atoms with Gasteiger partial charge in [0.15, 0.2) is 0 Å². The molecule has 0 unspecified atom stereocenters. The second-order valence-corrected chi connectivity index (χ2v) is 19.9. The molecule has 0 bridgehead atoms. The van der Waals surface area contributed by atoms with E-state index in [-0.39, 0.29) is 0 Å². The minimum absolute atomic E-state index is 0.515. The van der Waals surface area contributed by atoms with Crippen LogP contribution in [0.1, 0.15) is 22.3 Å². The number of fused-ring (bicyclic) bond motifs is 6. The lowest BCUT2D eigenvalue weighted by Crippen LogP contribution is -2.28. The van der Waals surface area contributed by atoms with E-state index in [1.165, 1.54) is 99.4 Å². The number of nitrogens with zero attached hydrogens (tertiary/aromatic N) is 1. The van der Waals surface area contributed by atoms with Crippen molar-refractivity contribution in [2.45, 2.75) is 5.41 Å². The molecule has 1 aliphatic rings. The summed E-state index contributed by atoms with van der Waals surface area (Å²) < 4.78 is 0. The van der Waals surface area contributed by atoms with Crippen molar-refractivity contribution in [2.24, 2.45) is 0 Å². The Balaban J connectivity index is 0.949. The molecule has 0 saturated heterocycles. The predicted octanol–water partition coefficient (Wildman–Crippen LogP) is 20.2. The molecule has 14 rings (SSSR count). The van der Waals surface area contributed by atoms with Crippen LogP contribution in [-0.2, 0) is 5.41 Å². The highest BCUT2D eigenvalue weighted by Gasteiger charge is 2.46. The van der Waals surface area contributed by atoms with E-state index in [0.717, 1.165) is 28.2 Å². The smallest absolute Gasteiger partial charge is 0.0713 e. The van der Waals surface area contributed by atoms with Crippen LogP contribution in [0.25, 0.3) is 88.3 Å². The third kappa shape index (κ3) is 7.55. The van der Waals surface area contributed by atoms with Gasteiger partial charge in [-0.15, -0.1) is 0 Å². The van der Waals surface area contributed by atoms with E-state index in [1.807, 2.05) is 0 Å². The molecule has 0 atom stereocenters. The molecule has 13 aromatic rings. The Hall–Kier alpha value is -9.82. The number of benzene rings is 13. The van der Waals surface area contributed by atoms with Crippen LogP contribution in [0.3, 0.4) is 0 Å². The van der Waals surface area contributed by atoms with Crippen LogP contribution in [0.15, 0.2) is 309 Å². The van der Waals surface area contributed by atoms with Gasteiger partial charge in [-0.05, 0) is 130 Å². The quantitative estimate of drug-likeness (QED) is 0.123. The highest BCUT2D eigenvalue weighted by Crippen LogP contribution is 2.57. The molecular weight excluding hydrogens is 915 g/mol. The van der Waals surface area contributed by atoms with E-state index < -0.39 is 5.41 Å². The van der Waals surface area contributed by atoms with E-state index in [4.69, 9.17) is 0 Å². The summed E-state index contributed by atoms with van der Waals surface area (Å²) in [6, 6.07) is 114. The van der Waals surface area contributed by atoms with E-state index in [2.05, 4.69) is 314 Å². The van der Waals surface area contributed by atoms with E-state index >= 15 is 0 Å². The lowest BCUT2D eigenvalue weighted by molar-refractivity contribution is 0.768. The fourth-order valence-electron chi connectivity index (χ4n) is 12.3. The topological polar surface area (TPSA) is 3.24 Å². The SMILES string of the molecule is c1ccc(-c2ccc(-c3ccc(-c4ccc(N(c5ccc(C6(c7ccccc7)c7ccccc7-c7ccccc76)cc5)c5c(-c6cccc(-c7ccccc7)c6)c6ccccc6c6ccccc56)cc4)cc3)cc2)cc1. The standard InChI is InChI=1S/C75H51N/c1-4-19-52(20-5-1)54-35-37-55(38-36-54)56-39-41-57(42-40-56)58-43-47-63(48-44-58)76(64-49-45-62(46-50-64)75(61-25-8-3-9-26-61)71-33-16-14-29-67(71)68-30-15-17-34-72(68)75)74-70-32-13-11-28-66(70)65-27-10-12-31-69(65)73(74)60-24-18-23-59(51-60)53-21-6-2-7-22-53/h1-51H. The van der Waals surface area contributed by atoms with E-state index in [0.29, 0.717) is 0 Å². The molecule has 0 aliphatic heterocycles. The third-order valence-electron chi connectivity index (χ3n) is 15.8. The molecule has 0 spiro atoms. The minimum Gasteiger partial charge on any atom is -0.309 e. The zero-order chi connectivity index (χ0) is 50.4. The Labute approximate surface area is 444 Å². The van der Waals surface area contributed by atoms with Crippen LogP contribution in [0.5, 0.6) is 0 Å². The molecule has 0 radical (unpaired) electrons. The first kappa shape index (κ1) is 44.8. The van der Waals surface area contributed by atoms with Crippen LogP contribution >= 0.6 is 0 Å².